The van der Waals surface area contributed by atoms with Crippen LogP contribution in [0.25, 0.3) is 10.9 Å². The van der Waals surface area contributed by atoms with Crippen molar-refractivity contribution in [2.24, 2.45) is 0 Å². The van der Waals surface area contributed by atoms with Crippen LogP contribution < -0.4 is 15.0 Å². The molecule has 32 heavy (non-hydrogen) atoms. The molecular formula is C26H30N2O4. The number of hydrogen-bond donors (Lipinski definition) is 1. The van der Waals surface area contributed by atoms with E-state index in [1.54, 1.807) is 32.4 Å². The van der Waals surface area contributed by atoms with Gasteiger partial charge in [-0.3, -0.25) is 9.59 Å². The number of ether oxygens (including phenoxy) is 2. The lowest BCUT2D eigenvalue weighted by Gasteiger charge is -2.34. The number of nitrogens with zero attached hydrogens (tertiary/aromatic N) is 1. The topological polar surface area (TPSA) is 71.6 Å². The highest BCUT2D eigenvalue weighted by Gasteiger charge is 2.28. The second-order valence-electron chi connectivity index (χ2n) is 8.54. The first-order valence-electron chi connectivity index (χ1n) is 11.1. The predicted octanol–water partition coefficient (Wildman–Crippen LogP) is 4.83. The number of benzene rings is 2. The second kappa shape index (κ2) is 9.47. The molecule has 3 aromatic rings. The lowest BCUT2D eigenvalue weighted by molar-refractivity contribution is 0.0612. The summed E-state index contributed by atoms with van der Waals surface area (Å²) in [5, 5.41) is 0.971. The summed E-state index contributed by atoms with van der Waals surface area (Å²) in [5.41, 5.74) is 2.87. The first-order chi connectivity index (χ1) is 15.5. The van der Waals surface area contributed by atoms with Crippen molar-refractivity contribution < 1.29 is 14.3 Å². The number of carbonyl (C=O) groups excluding carboxylic acids is 1. The van der Waals surface area contributed by atoms with E-state index in [0.29, 0.717) is 22.6 Å². The molecule has 1 amide bonds. The highest BCUT2D eigenvalue weighted by Crippen LogP contribution is 2.28. The molecule has 0 saturated heterocycles. The number of hydrogen-bond acceptors (Lipinski definition) is 4. The maximum absolute atomic E-state index is 13.7. The van der Waals surface area contributed by atoms with Crippen molar-refractivity contribution in [3.63, 3.8) is 0 Å². The van der Waals surface area contributed by atoms with Gasteiger partial charge in [-0.2, -0.15) is 0 Å². The van der Waals surface area contributed by atoms with Crippen LogP contribution in [0.5, 0.6) is 11.5 Å². The van der Waals surface area contributed by atoms with E-state index in [-0.39, 0.29) is 24.1 Å². The van der Waals surface area contributed by atoms with Gasteiger partial charge in [-0.15, -0.1) is 0 Å². The van der Waals surface area contributed by atoms with Crippen LogP contribution >= 0.6 is 0 Å². The quantitative estimate of drug-likeness (QED) is 0.603. The number of amides is 1. The Morgan fingerprint density at radius 3 is 2.34 bits per heavy atom. The zero-order chi connectivity index (χ0) is 22.7. The molecule has 0 unspecified atom stereocenters. The van der Waals surface area contributed by atoms with Crippen LogP contribution in [0.4, 0.5) is 0 Å². The summed E-state index contributed by atoms with van der Waals surface area (Å²) in [7, 11) is 3.14. The molecule has 4 rings (SSSR count). The number of pyridine rings is 1. The molecule has 0 atom stereocenters. The van der Waals surface area contributed by atoms with Gasteiger partial charge < -0.3 is 19.4 Å². The van der Waals surface area contributed by atoms with Crippen LogP contribution in [0.1, 0.15) is 53.6 Å². The summed E-state index contributed by atoms with van der Waals surface area (Å²) in [6.07, 6.45) is 5.24. The molecule has 6 heteroatoms. The molecule has 1 heterocycles. The van der Waals surface area contributed by atoms with E-state index in [0.717, 1.165) is 42.1 Å². The first kappa shape index (κ1) is 21.9. The Labute approximate surface area is 188 Å². The van der Waals surface area contributed by atoms with Gasteiger partial charge in [0.05, 0.1) is 20.8 Å². The van der Waals surface area contributed by atoms with Crippen molar-refractivity contribution in [2.75, 3.05) is 14.2 Å². The van der Waals surface area contributed by atoms with Crippen molar-refractivity contribution in [1.82, 2.24) is 9.88 Å². The smallest absolute Gasteiger partial charge is 0.254 e. The Balaban J connectivity index is 1.73. The van der Waals surface area contributed by atoms with E-state index < -0.39 is 0 Å². The standard InChI is InChI=1S/C26H30N2O4/c1-17-9-10-24-18(11-17)12-20(25(29)27-24)16-28(21-7-5-4-6-8-21)26(30)19-13-22(31-2)15-23(14-19)32-3/h9-15,21H,4-8,16H2,1-3H3,(H,27,29). The average molecular weight is 435 g/mol. The Kier molecular flexibility index (Phi) is 6.49. The third kappa shape index (κ3) is 4.64. The fraction of sp³-hybridized carbons (Fsp3) is 0.385. The van der Waals surface area contributed by atoms with Gasteiger partial charge in [0.15, 0.2) is 0 Å². The van der Waals surface area contributed by atoms with Crippen LogP contribution in [0, 0.1) is 6.92 Å². The molecule has 1 aliphatic carbocycles. The fourth-order valence-electron chi connectivity index (χ4n) is 4.53. The molecule has 168 valence electrons. The van der Waals surface area contributed by atoms with Gasteiger partial charge in [-0.25, -0.2) is 0 Å². The highest BCUT2D eigenvalue weighted by molar-refractivity contribution is 5.95. The third-order valence-corrected chi connectivity index (χ3v) is 6.29. The van der Waals surface area contributed by atoms with E-state index in [2.05, 4.69) is 11.1 Å². The van der Waals surface area contributed by atoms with Gasteiger partial charge in [0.1, 0.15) is 11.5 Å². The lowest BCUT2D eigenvalue weighted by Crippen LogP contribution is -2.42. The maximum Gasteiger partial charge on any atom is 0.254 e. The van der Waals surface area contributed by atoms with Crippen LogP contribution in [0.15, 0.2) is 47.3 Å². The number of aryl methyl sites for hydroxylation is 1. The normalized spacial score (nSPS) is 14.3. The van der Waals surface area contributed by atoms with E-state index in [4.69, 9.17) is 9.47 Å². The maximum atomic E-state index is 13.7. The van der Waals surface area contributed by atoms with Gasteiger partial charge in [-0.1, -0.05) is 30.9 Å². The Hall–Kier alpha value is -3.28. The molecular weight excluding hydrogens is 404 g/mol. The molecule has 1 saturated carbocycles. The van der Waals surface area contributed by atoms with Gasteiger partial charge in [0.25, 0.3) is 11.5 Å². The fourth-order valence-corrected chi connectivity index (χ4v) is 4.53. The molecule has 0 bridgehead atoms. The number of carbonyl (C=O) groups is 1. The molecule has 0 aliphatic heterocycles. The van der Waals surface area contributed by atoms with Crippen LogP contribution in [-0.2, 0) is 6.54 Å². The number of nitrogens with one attached hydrogen (secondary N) is 1. The predicted molar refractivity (Wildman–Crippen MR) is 126 cm³/mol. The summed E-state index contributed by atoms with van der Waals surface area (Å²) in [5.74, 6) is 1.02. The minimum absolute atomic E-state index is 0.0982. The Bertz CT molecular complexity index is 1160. The van der Waals surface area contributed by atoms with Gasteiger partial charge in [0, 0.05) is 28.8 Å². The first-order valence-corrected chi connectivity index (χ1v) is 11.1. The van der Waals surface area contributed by atoms with Crippen molar-refractivity contribution in [3.05, 3.63) is 69.5 Å². The Morgan fingerprint density at radius 1 is 1.00 bits per heavy atom. The minimum atomic E-state index is -0.154. The largest absolute Gasteiger partial charge is 0.497 e. The third-order valence-electron chi connectivity index (χ3n) is 6.29. The number of aromatic amines is 1. The molecule has 0 spiro atoms. The van der Waals surface area contributed by atoms with Crippen molar-refractivity contribution >= 4 is 16.8 Å². The van der Waals surface area contributed by atoms with Crippen LogP contribution in [-0.4, -0.2) is 36.1 Å². The molecule has 1 N–H and O–H groups in total. The zero-order valence-electron chi connectivity index (χ0n) is 18.9. The van der Waals surface area contributed by atoms with Gasteiger partial charge in [-0.05, 0) is 55.5 Å². The minimum Gasteiger partial charge on any atom is -0.497 e. The number of aromatic nitrogens is 1. The monoisotopic (exact) mass is 434 g/mol. The number of rotatable bonds is 6. The van der Waals surface area contributed by atoms with Crippen molar-refractivity contribution in [2.45, 2.75) is 51.6 Å². The van der Waals surface area contributed by atoms with E-state index in [1.807, 2.05) is 30.0 Å². The lowest BCUT2D eigenvalue weighted by atomic mass is 9.93. The van der Waals surface area contributed by atoms with E-state index in [9.17, 15) is 9.59 Å². The van der Waals surface area contributed by atoms with Crippen LogP contribution in [0.2, 0.25) is 0 Å². The second-order valence-corrected chi connectivity index (χ2v) is 8.54. The Morgan fingerprint density at radius 2 is 1.69 bits per heavy atom. The summed E-state index contributed by atoms with van der Waals surface area (Å²) >= 11 is 0. The van der Waals surface area contributed by atoms with Gasteiger partial charge >= 0.3 is 0 Å². The SMILES string of the molecule is COc1cc(OC)cc(C(=O)N(Cc2cc3cc(C)ccc3[nH]c2=O)C2CCCCC2)c1. The van der Waals surface area contributed by atoms with Gasteiger partial charge in [0.2, 0.25) is 0 Å². The molecule has 1 aliphatic rings. The van der Waals surface area contributed by atoms with Crippen molar-refractivity contribution in [3.8, 4) is 11.5 Å². The number of fused-ring (bicyclic) bond motifs is 1. The average Bonchev–Trinajstić information content (AvgIpc) is 2.82. The van der Waals surface area contributed by atoms with E-state index >= 15 is 0 Å². The number of methoxy groups -OCH3 is 2. The van der Waals surface area contributed by atoms with Crippen molar-refractivity contribution in [1.29, 1.82) is 0 Å². The van der Waals surface area contributed by atoms with Crippen LogP contribution in [0.3, 0.4) is 0 Å². The summed E-state index contributed by atoms with van der Waals surface area (Å²) in [6, 6.07) is 13.2. The zero-order valence-corrected chi connectivity index (χ0v) is 18.9. The number of H-pyrrole nitrogens is 1. The summed E-state index contributed by atoms with van der Waals surface area (Å²) in [6.45, 7) is 2.29. The molecule has 6 nitrogen and oxygen atoms in total. The molecule has 1 fully saturated rings. The summed E-state index contributed by atoms with van der Waals surface area (Å²) in [4.78, 5) is 31.4. The van der Waals surface area contributed by atoms with E-state index in [1.165, 1.54) is 6.42 Å². The summed E-state index contributed by atoms with van der Waals surface area (Å²) < 4.78 is 10.7. The molecule has 0 radical (unpaired) electrons. The molecule has 2 aromatic carbocycles. The molecule has 1 aromatic heterocycles. The highest BCUT2D eigenvalue weighted by atomic mass is 16.5.